The van der Waals surface area contributed by atoms with E-state index in [0.717, 1.165) is 94.3 Å². The predicted molar refractivity (Wildman–Crippen MR) is 310 cm³/mol. The van der Waals surface area contributed by atoms with Crippen LogP contribution in [0.4, 0.5) is 0 Å². The number of aromatic nitrogens is 7. The highest BCUT2D eigenvalue weighted by Gasteiger charge is 2.42. The number of benzene rings is 9. The molecule has 362 valence electrons. The first-order chi connectivity index (χ1) is 37.0. The van der Waals surface area contributed by atoms with Crippen molar-refractivity contribution in [3.8, 4) is 96.6 Å². The number of hydrogen-bond donors (Lipinski definition) is 0. The zero-order valence-corrected chi connectivity index (χ0v) is 43.1. The number of ether oxygens (including phenoxy) is 1. The Bertz CT molecular complexity index is 4180. The summed E-state index contributed by atoms with van der Waals surface area (Å²) in [5, 5.41) is 2.11. The van der Waals surface area contributed by atoms with Crippen molar-refractivity contribution in [2.45, 2.75) is 47.0 Å². The molecule has 0 saturated carbocycles. The average Bonchev–Trinajstić information content (AvgIpc) is 3.92. The summed E-state index contributed by atoms with van der Waals surface area (Å²) < 4.78 is 9.68. The number of nitrogens with zero attached hydrogens (tertiary/aromatic N) is 7. The van der Waals surface area contributed by atoms with Gasteiger partial charge in [-0.15, -0.1) is 0 Å². The van der Waals surface area contributed by atoms with Crippen LogP contribution in [0.1, 0.15) is 43.0 Å². The molecule has 0 radical (unpaired) electrons. The van der Waals surface area contributed by atoms with Gasteiger partial charge < -0.3 is 9.30 Å². The van der Waals surface area contributed by atoms with Crippen molar-refractivity contribution in [2.75, 3.05) is 0 Å². The zero-order valence-electron chi connectivity index (χ0n) is 43.1. The van der Waals surface area contributed by atoms with Crippen LogP contribution in [-0.2, 0) is 5.41 Å². The molecule has 2 aliphatic rings. The fourth-order valence-corrected chi connectivity index (χ4v) is 11.7. The third kappa shape index (κ3) is 7.52. The highest BCUT2D eigenvalue weighted by molar-refractivity contribution is 6.99. The van der Waals surface area contributed by atoms with Gasteiger partial charge in [0.15, 0.2) is 34.9 Å². The minimum Gasteiger partial charge on any atom is -0.458 e. The molecule has 0 atom stereocenters. The molecule has 14 rings (SSSR count). The Morgan fingerprint density at radius 1 is 0.408 bits per heavy atom. The number of fused-ring (bicyclic) bond motifs is 7. The molecule has 76 heavy (non-hydrogen) atoms. The molecule has 5 heterocycles. The summed E-state index contributed by atoms with van der Waals surface area (Å²) >= 11 is 0. The molecule has 0 fully saturated rings. The van der Waals surface area contributed by atoms with E-state index in [2.05, 4.69) is 143 Å². The molecule has 2 aliphatic heterocycles. The van der Waals surface area contributed by atoms with E-state index in [-0.39, 0.29) is 12.1 Å². The van der Waals surface area contributed by atoms with Crippen LogP contribution in [0.5, 0.6) is 11.5 Å². The summed E-state index contributed by atoms with van der Waals surface area (Å²) in [6, 6.07) is 67.9. The van der Waals surface area contributed by atoms with Crippen LogP contribution in [0.3, 0.4) is 0 Å². The Hall–Kier alpha value is -9.34. The molecule has 0 amide bonds. The fourth-order valence-electron chi connectivity index (χ4n) is 11.7. The largest absolute Gasteiger partial charge is 0.458 e. The van der Waals surface area contributed by atoms with E-state index in [4.69, 9.17) is 34.6 Å². The normalized spacial score (nSPS) is 12.4. The molecule has 0 saturated heterocycles. The molecule has 8 nitrogen and oxygen atoms in total. The van der Waals surface area contributed by atoms with E-state index in [1.165, 1.54) is 27.8 Å². The molecule has 0 bridgehead atoms. The second-order valence-corrected chi connectivity index (χ2v) is 21.3. The first-order valence-corrected chi connectivity index (χ1v) is 26.0. The first kappa shape index (κ1) is 45.3. The lowest BCUT2D eigenvalue weighted by Crippen LogP contribution is -2.58. The maximum absolute atomic E-state index is 7.20. The van der Waals surface area contributed by atoms with Gasteiger partial charge in [-0.3, -0.25) is 0 Å². The minimum atomic E-state index is -0.196. The second-order valence-electron chi connectivity index (χ2n) is 21.3. The Kier molecular flexibility index (Phi) is 10.4. The molecule has 9 aromatic carbocycles. The van der Waals surface area contributed by atoms with Gasteiger partial charge in [0.25, 0.3) is 6.71 Å². The Labute approximate surface area is 442 Å². The summed E-state index contributed by atoms with van der Waals surface area (Å²) in [5.41, 5.74) is 19.2. The van der Waals surface area contributed by atoms with Crippen molar-refractivity contribution in [3.63, 3.8) is 0 Å². The van der Waals surface area contributed by atoms with Crippen LogP contribution in [-0.4, -0.2) is 41.2 Å². The summed E-state index contributed by atoms with van der Waals surface area (Å²) in [6.45, 7) is 13.2. The number of hydrogen-bond acceptors (Lipinski definition) is 7. The molecule has 9 heteroatoms. The van der Waals surface area contributed by atoms with Gasteiger partial charge in [-0.05, 0) is 113 Å². The lowest BCUT2D eigenvalue weighted by atomic mass is 9.34. The monoisotopic (exact) mass is 979 g/mol. The number of aryl methyl sites for hydroxylation is 3. The van der Waals surface area contributed by atoms with Gasteiger partial charge in [0.1, 0.15) is 11.5 Å². The van der Waals surface area contributed by atoms with Crippen molar-refractivity contribution >= 4 is 44.9 Å². The average molecular weight is 980 g/mol. The third-order valence-corrected chi connectivity index (χ3v) is 15.1. The van der Waals surface area contributed by atoms with Crippen LogP contribution in [0.15, 0.2) is 194 Å². The van der Waals surface area contributed by atoms with Crippen LogP contribution < -0.4 is 21.1 Å². The quantitative estimate of drug-likeness (QED) is 0.147. The molecule has 12 aromatic rings. The molecule has 0 spiro atoms. The van der Waals surface area contributed by atoms with E-state index in [1.807, 2.05) is 97.1 Å². The van der Waals surface area contributed by atoms with Crippen molar-refractivity contribution in [1.82, 2.24) is 34.5 Å². The van der Waals surface area contributed by atoms with Gasteiger partial charge >= 0.3 is 0 Å². The van der Waals surface area contributed by atoms with Gasteiger partial charge in [-0.1, -0.05) is 178 Å². The summed E-state index contributed by atoms with van der Waals surface area (Å²) in [6.07, 6.45) is 0. The van der Waals surface area contributed by atoms with E-state index in [1.54, 1.807) is 0 Å². The molecule has 0 unspecified atom stereocenters. The van der Waals surface area contributed by atoms with Crippen molar-refractivity contribution in [3.05, 3.63) is 216 Å². The van der Waals surface area contributed by atoms with Crippen LogP contribution in [0.2, 0.25) is 0 Å². The van der Waals surface area contributed by atoms with Gasteiger partial charge in [0.2, 0.25) is 0 Å². The maximum atomic E-state index is 7.20. The fraction of sp³-hybridized carbons (Fsp3) is 0.104. The molecular formula is C67H50BN7O. The molecule has 0 aliphatic carbocycles. The predicted octanol–water partition coefficient (Wildman–Crippen LogP) is 14.0. The van der Waals surface area contributed by atoms with E-state index >= 15 is 0 Å². The van der Waals surface area contributed by atoms with Gasteiger partial charge in [-0.25, -0.2) is 29.9 Å². The summed E-state index contributed by atoms with van der Waals surface area (Å²) in [5.74, 6) is 5.30. The lowest BCUT2D eigenvalue weighted by Gasteiger charge is -2.35. The highest BCUT2D eigenvalue weighted by Crippen LogP contribution is 2.43. The van der Waals surface area contributed by atoms with E-state index in [0.29, 0.717) is 34.9 Å². The lowest BCUT2D eigenvalue weighted by molar-refractivity contribution is 0.486. The minimum absolute atomic E-state index is 0.109. The Morgan fingerprint density at radius 3 is 1.41 bits per heavy atom. The van der Waals surface area contributed by atoms with Crippen LogP contribution in [0.25, 0.3) is 107 Å². The van der Waals surface area contributed by atoms with Gasteiger partial charge in [0.05, 0.1) is 5.52 Å². The van der Waals surface area contributed by atoms with E-state index in [9.17, 15) is 0 Å². The Morgan fingerprint density at radius 2 is 0.895 bits per heavy atom. The SMILES string of the molecule is Cc1cc(C)c(-c2cc3c4c(c2)-n2c5ccc(-c6nc(-c7ccccc7)nc(-c7ccccc7)n6)cc5c5cc(-c6nc(-c7ccccc7)nc(-c7ccccc7)n6)cc(c52)B4c2cc(C(C)(C)C)ccc2O3)c(C)c1. The molecule has 0 N–H and O–H groups in total. The van der Waals surface area contributed by atoms with Gasteiger partial charge in [-0.2, -0.15) is 0 Å². The Balaban J connectivity index is 1.10. The van der Waals surface area contributed by atoms with Crippen LogP contribution in [0, 0.1) is 20.8 Å². The van der Waals surface area contributed by atoms with Crippen molar-refractivity contribution < 1.29 is 4.74 Å². The topological polar surface area (TPSA) is 91.5 Å². The molecule has 3 aromatic heterocycles. The first-order valence-electron chi connectivity index (χ1n) is 26.0. The van der Waals surface area contributed by atoms with Crippen LogP contribution >= 0.6 is 0 Å². The molecular weight excluding hydrogens is 930 g/mol. The second kappa shape index (κ2) is 17.4. The van der Waals surface area contributed by atoms with Crippen molar-refractivity contribution in [2.24, 2.45) is 0 Å². The zero-order chi connectivity index (χ0) is 51.4. The summed E-state index contributed by atoms with van der Waals surface area (Å²) in [7, 11) is 0. The highest BCUT2D eigenvalue weighted by atomic mass is 16.5. The standard InChI is InChI=1S/C67H50BN7O/c1-39-31-40(2)58(41(3)32-39)47-36-55-59-57(37-47)76-56-30-28-49(67(4,5)6)38-52(56)68(59)53-35-48(66-73-63(44-23-15-9-16-24-44)70-64(74-66)45-25-17-10-18-26-45)34-51-50-33-46(27-29-54(50)75(55)60(51)53)65-71-61(42-19-11-7-12-20-42)69-62(72-65)43-21-13-8-14-22-43/h7-38H,1-6H3. The third-order valence-electron chi connectivity index (χ3n) is 15.1. The summed E-state index contributed by atoms with van der Waals surface area (Å²) in [4.78, 5) is 31.2. The van der Waals surface area contributed by atoms with Gasteiger partial charge in [0, 0.05) is 55.4 Å². The smallest absolute Gasteiger partial charge is 0.256 e. The number of rotatable bonds is 7. The van der Waals surface area contributed by atoms with E-state index < -0.39 is 0 Å². The maximum Gasteiger partial charge on any atom is 0.256 e. The van der Waals surface area contributed by atoms with Crippen molar-refractivity contribution in [1.29, 1.82) is 0 Å².